The van der Waals surface area contributed by atoms with Gasteiger partial charge in [0.25, 0.3) is 0 Å². The van der Waals surface area contributed by atoms with Gasteiger partial charge in [0, 0.05) is 0 Å². The number of hydrogen-bond acceptors (Lipinski definition) is 1. The Kier molecular flexibility index (Phi) is 5.59. The van der Waals surface area contributed by atoms with E-state index in [-0.39, 0.29) is 0 Å². The normalized spacial score (nSPS) is 18.1. The molecule has 0 aromatic heterocycles. The first kappa shape index (κ1) is 18.2. The molecule has 1 aliphatic carbocycles. The Labute approximate surface area is 131 Å². The van der Waals surface area contributed by atoms with Crippen molar-refractivity contribution >= 4 is 24.5 Å². The second kappa shape index (κ2) is 6.13. The van der Waals surface area contributed by atoms with Gasteiger partial charge in [-0.25, -0.2) is 0 Å². The molecule has 0 unspecified atom stereocenters. The molecule has 0 atom stereocenters. The zero-order valence-electron chi connectivity index (χ0n) is 15.5. The van der Waals surface area contributed by atoms with Gasteiger partial charge < -0.3 is 4.23 Å². The molecule has 0 spiro atoms. The van der Waals surface area contributed by atoms with Gasteiger partial charge in [-0.3, -0.25) is 0 Å². The molecule has 0 aromatic carbocycles. The van der Waals surface area contributed by atoms with Gasteiger partial charge in [0.1, 0.15) is 16.5 Å². The first-order valence-corrected chi connectivity index (χ1v) is 18.8. The van der Waals surface area contributed by atoms with Crippen molar-refractivity contribution in [2.45, 2.75) is 91.0 Å². The minimum Gasteiger partial charge on any atom is -0.432 e. The molecular weight excluding hydrogens is 290 g/mol. The van der Waals surface area contributed by atoms with E-state index in [2.05, 4.69) is 63.2 Å². The van der Waals surface area contributed by atoms with E-state index < -0.39 is 24.5 Å². The summed E-state index contributed by atoms with van der Waals surface area (Å²) in [4.78, 5) is 0. The fourth-order valence-corrected chi connectivity index (χ4v) is 19.6. The molecule has 4 heteroatoms. The molecule has 0 saturated heterocycles. The predicted octanol–water partition coefficient (Wildman–Crippen LogP) is 6.05. The molecule has 1 aliphatic rings. The molecular formula is C16H37NSi3. The lowest BCUT2D eigenvalue weighted by atomic mass is 9.96. The van der Waals surface area contributed by atoms with Crippen LogP contribution in [0.25, 0.3) is 0 Å². The third kappa shape index (κ3) is 4.60. The highest BCUT2D eigenvalue weighted by Gasteiger charge is 2.41. The standard InChI is InChI=1S/C16H37NSi3/c1-18(2,3)16(15-13-11-10-12-14-15)17(19(4,5)6)20(7,8)9/h10-14H2,1-9H3. The van der Waals surface area contributed by atoms with E-state index in [0.717, 1.165) is 0 Å². The Bertz CT molecular complexity index is 345. The van der Waals surface area contributed by atoms with Crippen LogP contribution >= 0.6 is 0 Å². The van der Waals surface area contributed by atoms with Crippen LogP contribution in [0, 0.1) is 0 Å². The van der Waals surface area contributed by atoms with Gasteiger partial charge >= 0.3 is 0 Å². The van der Waals surface area contributed by atoms with Gasteiger partial charge in [-0.2, -0.15) is 0 Å². The second-order valence-corrected chi connectivity index (χ2v) is 24.4. The van der Waals surface area contributed by atoms with Crippen LogP contribution < -0.4 is 0 Å². The summed E-state index contributed by atoms with van der Waals surface area (Å²) in [5.74, 6) is 0. The summed E-state index contributed by atoms with van der Waals surface area (Å²) < 4.78 is 3.03. The highest BCUT2D eigenvalue weighted by atomic mass is 28.4. The summed E-state index contributed by atoms with van der Waals surface area (Å²) in [7, 11) is -3.90. The monoisotopic (exact) mass is 327 g/mol. The lowest BCUT2D eigenvalue weighted by Gasteiger charge is -2.52. The van der Waals surface area contributed by atoms with Gasteiger partial charge in [-0.1, -0.05) is 70.9 Å². The zero-order chi connectivity index (χ0) is 15.8. The average Bonchev–Trinajstić information content (AvgIpc) is 2.21. The third-order valence-electron chi connectivity index (χ3n) is 4.07. The van der Waals surface area contributed by atoms with E-state index in [1.54, 1.807) is 0 Å². The second-order valence-electron chi connectivity index (χ2n) is 9.44. The number of rotatable bonds is 4. The summed E-state index contributed by atoms with van der Waals surface area (Å²) in [6.07, 6.45) is 7.06. The van der Waals surface area contributed by atoms with Crippen molar-refractivity contribution in [1.29, 1.82) is 0 Å². The Morgan fingerprint density at radius 1 is 0.700 bits per heavy atom. The van der Waals surface area contributed by atoms with Gasteiger partial charge in [-0.05, 0) is 31.0 Å². The Balaban J connectivity index is 3.41. The van der Waals surface area contributed by atoms with Gasteiger partial charge in [0.05, 0.1) is 8.07 Å². The number of allylic oxidation sites excluding steroid dienone is 1. The van der Waals surface area contributed by atoms with Crippen LogP contribution in [-0.4, -0.2) is 28.8 Å². The lowest BCUT2D eigenvalue weighted by molar-refractivity contribution is 0.582. The van der Waals surface area contributed by atoms with Crippen LogP contribution in [0.1, 0.15) is 32.1 Å². The molecule has 1 nitrogen and oxygen atoms in total. The SMILES string of the molecule is C[Si](C)(C)C(=C1CCCCC1)N([Si](C)(C)C)[Si](C)(C)C. The molecule has 1 saturated carbocycles. The van der Waals surface area contributed by atoms with Crippen LogP contribution in [0.4, 0.5) is 0 Å². The highest BCUT2D eigenvalue weighted by Crippen LogP contribution is 2.37. The molecule has 20 heavy (non-hydrogen) atoms. The van der Waals surface area contributed by atoms with Crippen molar-refractivity contribution in [3.63, 3.8) is 0 Å². The maximum absolute atomic E-state index is 3.03. The van der Waals surface area contributed by atoms with Crippen molar-refractivity contribution in [1.82, 2.24) is 4.23 Å². The molecule has 1 fully saturated rings. The van der Waals surface area contributed by atoms with E-state index in [4.69, 9.17) is 0 Å². The van der Waals surface area contributed by atoms with Crippen LogP contribution in [0.2, 0.25) is 58.9 Å². The van der Waals surface area contributed by atoms with Gasteiger partial charge in [-0.15, -0.1) is 0 Å². The largest absolute Gasteiger partial charge is 0.432 e. The van der Waals surface area contributed by atoms with E-state index >= 15 is 0 Å². The molecule has 0 amide bonds. The molecule has 0 aliphatic heterocycles. The van der Waals surface area contributed by atoms with Crippen molar-refractivity contribution in [2.24, 2.45) is 0 Å². The Morgan fingerprint density at radius 3 is 1.40 bits per heavy atom. The maximum atomic E-state index is 3.03. The van der Waals surface area contributed by atoms with Crippen molar-refractivity contribution in [2.75, 3.05) is 0 Å². The Hall–Kier alpha value is 0.191. The molecule has 1 rings (SSSR count). The minimum absolute atomic E-state index is 1.28. The van der Waals surface area contributed by atoms with Crippen LogP contribution in [0.15, 0.2) is 10.9 Å². The molecule has 0 bridgehead atoms. The third-order valence-corrected chi connectivity index (χ3v) is 13.7. The van der Waals surface area contributed by atoms with Crippen molar-refractivity contribution in [3.8, 4) is 0 Å². The van der Waals surface area contributed by atoms with E-state index in [0.29, 0.717) is 0 Å². The van der Waals surface area contributed by atoms with E-state index in [9.17, 15) is 0 Å². The number of hydrogen-bond donors (Lipinski definition) is 0. The smallest absolute Gasteiger partial charge is 0.137 e. The molecule has 0 radical (unpaired) electrons. The van der Waals surface area contributed by atoms with Crippen molar-refractivity contribution in [3.05, 3.63) is 10.9 Å². The highest BCUT2D eigenvalue weighted by molar-refractivity contribution is 6.94. The number of nitrogens with zero attached hydrogens (tertiary/aromatic N) is 1. The summed E-state index contributed by atoms with van der Waals surface area (Å²) in [6, 6.07) is 0. The lowest BCUT2D eigenvalue weighted by Crippen LogP contribution is -2.62. The molecule has 0 N–H and O–H groups in total. The van der Waals surface area contributed by atoms with Crippen molar-refractivity contribution < 1.29 is 0 Å². The first-order chi connectivity index (χ1) is 8.85. The van der Waals surface area contributed by atoms with E-state index in [1.165, 1.54) is 32.1 Å². The average molecular weight is 328 g/mol. The zero-order valence-corrected chi connectivity index (χ0v) is 18.5. The first-order valence-electron chi connectivity index (χ1n) is 8.38. The maximum Gasteiger partial charge on any atom is 0.137 e. The summed E-state index contributed by atoms with van der Waals surface area (Å²) in [5, 5.41) is 1.87. The minimum atomic E-state index is -1.31. The topological polar surface area (TPSA) is 3.24 Å². The van der Waals surface area contributed by atoms with Crippen LogP contribution in [0.3, 0.4) is 0 Å². The van der Waals surface area contributed by atoms with Gasteiger partial charge in [0.15, 0.2) is 0 Å². The van der Waals surface area contributed by atoms with Crippen LogP contribution in [0.5, 0.6) is 0 Å². The molecule has 0 heterocycles. The fraction of sp³-hybridized carbons (Fsp3) is 0.875. The summed E-state index contributed by atoms with van der Waals surface area (Å²) >= 11 is 0. The molecule has 0 aromatic rings. The molecule has 118 valence electrons. The fourth-order valence-electron chi connectivity index (χ4n) is 3.92. The summed E-state index contributed by atoms with van der Waals surface area (Å²) in [5.41, 5.74) is 1.85. The van der Waals surface area contributed by atoms with Crippen LogP contribution in [-0.2, 0) is 0 Å². The Morgan fingerprint density at radius 2 is 1.10 bits per heavy atom. The summed E-state index contributed by atoms with van der Waals surface area (Å²) in [6.45, 7) is 23.0. The van der Waals surface area contributed by atoms with E-state index in [1.807, 2.05) is 10.9 Å². The predicted molar refractivity (Wildman–Crippen MR) is 102 cm³/mol. The van der Waals surface area contributed by atoms with Gasteiger partial charge in [0.2, 0.25) is 0 Å². The quantitative estimate of drug-likeness (QED) is 0.568.